The van der Waals surface area contributed by atoms with Gasteiger partial charge in [-0.1, -0.05) is 30.3 Å². The van der Waals surface area contributed by atoms with Crippen LogP contribution in [0, 0.1) is 0 Å². The Balaban J connectivity index is 1.81. The van der Waals surface area contributed by atoms with Crippen LogP contribution in [0.2, 0.25) is 0 Å². The summed E-state index contributed by atoms with van der Waals surface area (Å²) < 4.78 is 5.11. The third-order valence-electron chi connectivity index (χ3n) is 4.33. The number of benzene rings is 2. The Hall–Kier alpha value is -3.80. The summed E-state index contributed by atoms with van der Waals surface area (Å²) in [5.74, 6) is 0.721. The van der Waals surface area contributed by atoms with Crippen molar-refractivity contribution in [3.63, 3.8) is 0 Å². The first kappa shape index (κ1) is 16.7. The van der Waals surface area contributed by atoms with Gasteiger partial charge in [0.05, 0.1) is 7.11 Å². The fourth-order valence-electron chi connectivity index (χ4n) is 2.93. The van der Waals surface area contributed by atoms with E-state index < -0.39 is 0 Å². The highest BCUT2D eigenvalue weighted by Gasteiger charge is 2.02. The van der Waals surface area contributed by atoms with Crippen molar-refractivity contribution in [2.45, 2.75) is 0 Å². The Morgan fingerprint density at radius 1 is 0.852 bits per heavy atom. The first-order chi connectivity index (χ1) is 13.1. The molecule has 2 heterocycles. The second-order valence-electron chi connectivity index (χ2n) is 6.09. The van der Waals surface area contributed by atoms with Crippen LogP contribution in [0.5, 0.6) is 5.75 Å². The second-order valence-corrected chi connectivity index (χ2v) is 6.09. The minimum atomic E-state index is -0.364. The van der Waals surface area contributed by atoms with Gasteiger partial charge in [0, 0.05) is 22.7 Å². The SMILES string of the molecule is COc1ccc(C=c2[nH]c(=O)c(=Cc3c[nH]c4ccccc34)[nH]c2=O)cc1. The van der Waals surface area contributed by atoms with E-state index >= 15 is 0 Å². The van der Waals surface area contributed by atoms with Gasteiger partial charge in [0.1, 0.15) is 16.4 Å². The van der Waals surface area contributed by atoms with Crippen molar-refractivity contribution in [2.75, 3.05) is 7.11 Å². The van der Waals surface area contributed by atoms with Gasteiger partial charge >= 0.3 is 0 Å². The molecule has 4 rings (SSSR count). The molecule has 3 N–H and O–H groups in total. The molecule has 0 fully saturated rings. The van der Waals surface area contributed by atoms with E-state index in [1.165, 1.54) is 0 Å². The smallest absolute Gasteiger partial charge is 0.272 e. The van der Waals surface area contributed by atoms with E-state index in [0.717, 1.165) is 27.8 Å². The van der Waals surface area contributed by atoms with Crippen molar-refractivity contribution in [3.05, 3.63) is 97.3 Å². The quantitative estimate of drug-likeness (QED) is 0.514. The van der Waals surface area contributed by atoms with E-state index in [9.17, 15) is 9.59 Å². The molecule has 0 aliphatic heterocycles. The number of methoxy groups -OCH3 is 1. The van der Waals surface area contributed by atoms with E-state index in [1.807, 2.05) is 36.4 Å². The molecule has 2 aromatic heterocycles. The van der Waals surface area contributed by atoms with Gasteiger partial charge in [-0.25, -0.2) is 0 Å². The molecule has 2 aromatic carbocycles. The van der Waals surface area contributed by atoms with E-state index in [4.69, 9.17) is 4.74 Å². The molecule has 0 atom stereocenters. The monoisotopic (exact) mass is 359 g/mol. The fraction of sp³-hybridized carbons (Fsp3) is 0.0476. The summed E-state index contributed by atoms with van der Waals surface area (Å²) in [4.78, 5) is 33.3. The lowest BCUT2D eigenvalue weighted by atomic mass is 10.1. The van der Waals surface area contributed by atoms with Gasteiger partial charge in [0.2, 0.25) is 0 Å². The van der Waals surface area contributed by atoms with E-state index in [1.54, 1.807) is 37.6 Å². The summed E-state index contributed by atoms with van der Waals surface area (Å²) in [6, 6.07) is 15.0. The first-order valence-corrected chi connectivity index (χ1v) is 8.40. The largest absolute Gasteiger partial charge is 0.497 e. The van der Waals surface area contributed by atoms with Crippen LogP contribution < -0.4 is 26.6 Å². The lowest BCUT2D eigenvalue weighted by Gasteiger charge is -1.98. The molecule has 0 spiro atoms. The average molecular weight is 359 g/mol. The number of nitrogens with one attached hydrogen (secondary N) is 3. The molecular weight excluding hydrogens is 342 g/mol. The number of aromatic amines is 3. The molecular formula is C21H17N3O3. The Morgan fingerprint density at radius 2 is 1.52 bits per heavy atom. The zero-order valence-corrected chi connectivity index (χ0v) is 14.6. The van der Waals surface area contributed by atoms with Gasteiger partial charge in [-0.3, -0.25) is 9.59 Å². The predicted molar refractivity (Wildman–Crippen MR) is 105 cm³/mol. The maximum atomic E-state index is 12.4. The van der Waals surface area contributed by atoms with Crippen LogP contribution in [0.1, 0.15) is 11.1 Å². The molecule has 0 saturated heterocycles. The predicted octanol–water partition coefficient (Wildman–Crippen LogP) is 1.21. The second kappa shape index (κ2) is 6.84. The molecule has 0 unspecified atom stereocenters. The van der Waals surface area contributed by atoms with Crippen molar-refractivity contribution >= 4 is 23.1 Å². The maximum absolute atomic E-state index is 12.4. The number of hydrogen-bond acceptors (Lipinski definition) is 3. The van der Waals surface area contributed by atoms with E-state index in [-0.39, 0.29) is 21.8 Å². The van der Waals surface area contributed by atoms with Gasteiger partial charge in [-0.15, -0.1) is 0 Å². The molecule has 6 heteroatoms. The van der Waals surface area contributed by atoms with Crippen molar-refractivity contribution in [1.82, 2.24) is 15.0 Å². The maximum Gasteiger partial charge on any atom is 0.272 e. The van der Waals surface area contributed by atoms with Crippen LogP contribution >= 0.6 is 0 Å². The summed E-state index contributed by atoms with van der Waals surface area (Å²) in [5, 5.41) is 1.38. The summed E-state index contributed by atoms with van der Waals surface area (Å²) in [5.41, 5.74) is 1.85. The average Bonchev–Trinajstić information content (AvgIpc) is 3.09. The highest BCUT2D eigenvalue weighted by Crippen LogP contribution is 2.17. The zero-order chi connectivity index (χ0) is 18.8. The van der Waals surface area contributed by atoms with Gasteiger partial charge in [0.15, 0.2) is 0 Å². The molecule has 0 saturated carbocycles. The van der Waals surface area contributed by atoms with Gasteiger partial charge < -0.3 is 19.7 Å². The Kier molecular flexibility index (Phi) is 4.22. The molecule has 0 aliphatic rings. The van der Waals surface area contributed by atoms with E-state index in [0.29, 0.717) is 0 Å². The first-order valence-electron chi connectivity index (χ1n) is 8.40. The van der Waals surface area contributed by atoms with Crippen molar-refractivity contribution < 1.29 is 4.74 Å². The molecule has 0 aliphatic carbocycles. The van der Waals surface area contributed by atoms with Crippen LogP contribution in [-0.2, 0) is 0 Å². The van der Waals surface area contributed by atoms with Crippen LogP contribution in [0.4, 0.5) is 0 Å². The summed E-state index contributed by atoms with van der Waals surface area (Å²) >= 11 is 0. The number of aromatic nitrogens is 3. The summed E-state index contributed by atoms with van der Waals surface area (Å²) in [7, 11) is 1.59. The Labute approximate surface area is 153 Å². The van der Waals surface area contributed by atoms with Crippen molar-refractivity contribution in [2.24, 2.45) is 0 Å². The minimum Gasteiger partial charge on any atom is -0.497 e. The molecule has 0 radical (unpaired) electrons. The Morgan fingerprint density at radius 3 is 2.22 bits per heavy atom. The number of H-pyrrole nitrogens is 3. The van der Waals surface area contributed by atoms with Gasteiger partial charge in [-0.2, -0.15) is 0 Å². The van der Waals surface area contributed by atoms with Crippen LogP contribution in [-0.4, -0.2) is 22.1 Å². The number of fused-ring (bicyclic) bond motifs is 1. The van der Waals surface area contributed by atoms with Crippen molar-refractivity contribution in [3.8, 4) is 5.75 Å². The third-order valence-corrected chi connectivity index (χ3v) is 4.33. The van der Waals surface area contributed by atoms with Crippen molar-refractivity contribution in [1.29, 1.82) is 0 Å². The number of para-hydroxylation sites is 1. The summed E-state index contributed by atoms with van der Waals surface area (Å²) in [6.07, 6.45) is 5.09. The molecule has 0 amide bonds. The molecule has 0 bridgehead atoms. The Bertz CT molecular complexity index is 1340. The van der Waals surface area contributed by atoms with E-state index in [2.05, 4.69) is 15.0 Å². The highest BCUT2D eigenvalue weighted by atomic mass is 16.5. The number of ether oxygens (including phenoxy) is 1. The minimum absolute atomic E-state index is 0.196. The third kappa shape index (κ3) is 3.32. The van der Waals surface area contributed by atoms with Crippen LogP contribution in [0.15, 0.2) is 64.3 Å². The molecule has 27 heavy (non-hydrogen) atoms. The topological polar surface area (TPSA) is 90.7 Å². The standard InChI is InChI=1S/C21H17N3O3/c1-27-15-8-6-13(7-9-15)10-18-20(25)24-19(21(26)23-18)11-14-12-22-17-5-3-2-4-16(14)17/h2-12,22H,1H3,(H,23,26)(H,24,25). The highest BCUT2D eigenvalue weighted by molar-refractivity contribution is 5.88. The number of rotatable bonds is 3. The molecule has 4 aromatic rings. The lowest BCUT2D eigenvalue weighted by molar-refractivity contribution is 0.415. The summed E-state index contributed by atoms with van der Waals surface area (Å²) in [6.45, 7) is 0. The normalized spacial score (nSPS) is 12.6. The van der Waals surface area contributed by atoms with Gasteiger partial charge in [0.25, 0.3) is 11.1 Å². The zero-order valence-electron chi connectivity index (χ0n) is 14.6. The number of hydrogen-bond donors (Lipinski definition) is 3. The van der Waals surface area contributed by atoms with Crippen LogP contribution in [0.3, 0.4) is 0 Å². The fourth-order valence-corrected chi connectivity index (χ4v) is 2.93. The lowest BCUT2D eigenvalue weighted by Crippen LogP contribution is -2.46. The van der Waals surface area contributed by atoms with Crippen LogP contribution in [0.25, 0.3) is 23.1 Å². The van der Waals surface area contributed by atoms with Gasteiger partial charge in [-0.05, 0) is 35.9 Å². The molecule has 6 nitrogen and oxygen atoms in total. The molecule has 134 valence electrons.